The number of rotatable bonds is 6. The predicted octanol–water partition coefficient (Wildman–Crippen LogP) is 4.95. The van der Waals surface area contributed by atoms with Gasteiger partial charge in [0.25, 0.3) is 0 Å². The van der Waals surface area contributed by atoms with Crippen molar-refractivity contribution in [2.75, 3.05) is 4.90 Å². The summed E-state index contributed by atoms with van der Waals surface area (Å²) in [7, 11) is 0. The number of halogens is 2. The van der Waals surface area contributed by atoms with Gasteiger partial charge in [0.15, 0.2) is 5.13 Å². The van der Waals surface area contributed by atoms with Crippen LogP contribution >= 0.6 is 11.3 Å². The van der Waals surface area contributed by atoms with Crippen molar-refractivity contribution in [3.8, 4) is 0 Å². The largest absolute Gasteiger partial charge is 0.459 e. The van der Waals surface area contributed by atoms with Gasteiger partial charge in [0.1, 0.15) is 18.2 Å². The zero-order valence-corrected chi connectivity index (χ0v) is 16.9. The average Bonchev–Trinajstić information content (AvgIpc) is 3.39. The van der Waals surface area contributed by atoms with E-state index in [4.69, 9.17) is 4.74 Å². The van der Waals surface area contributed by atoms with E-state index in [9.17, 15) is 18.4 Å². The topological polar surface area (TPSA) is 59.5 Å². The highest BCUT2D eigenvalue weighted by Crippen LogP contribution is 2.48. The second kappa shape index (κ2) is 8.31. The molecule has 0 aliphatic heterocycles. The number of anilines is 2. The van der Waals surface area contributed by atoms with Crippen LogP contribution in [-0.4, -0.2) is 16.9 Å². The molecule has 154 valence electrons. The first kappa shape index (κ1) is 20.2. The number of hydrogen-bond acceptors (Lipinski definition) is 5. The fraction of sp³-hybridized carbons (Fsp3) is 0.227. The number of carbonyl (C=O) groups is 2. The molecule has 1 fully saturated rings. The lowest BCUT2D eigenvalue weighted by Gasteiger charge is -2.18. The third-order valence-electron chi connectivity index (χ3n) is 4.89. The van der Waals surface area contributed by atoms with Crippen LogP contribution in [0.2, 0.25) is 0 Å². The average molecular weight is 428 g/mol. The van der Waals surface area contributed by atoms with Gasteiger partial charge >= 0.3 is 5.97 Å². The lowest BCUT2D eigenvalue weighted by atomic mass is 10.1. The molecule has 30 heavy (non-hydrogen) atoms. The highest BCUT2D eigenvalue weighted by Gasteiger charge is 2.45. The molecular formula is C22H18F2N2O3S. The molecule has 1 aromatic heterocycles. The minimum absolute atomic E-state index is 0.0367. The third kappa shape index (κ3) is 4.23. The van der Waals surface area contributed by atoms with Crippen LogP contribution in [0, 0.1) is 17.6 Å². The number of para-hydroxylation sites is 1. The van der Waals surface area contributed by atoms with Gasteiger partial charge in [-0.15, -0.1) is 11.3 Å². The summed E-state index contributed by atoms with van der Waals surface area (Å²) in [5.41, 5.74) is 1.50. The summed E-state index contributed by atoms with van der Waals surface area (Å²) in [6.07, 6.45) is 0.665. The highest BCUT2D eigenvalue weighted by molar-refractivity contribution is 7.14. The molecule has 1 aliphatic rings. The molecule has 5 nitrogen and oxygen atoms in total. The number of esters is 1. The van der Waals surface area contributed by atoms with E-state index < -0.39 is 5.82 Å². The molecule has 0 bridgehead atoms. The third-order valence-corrected chi connectivity index (χ3v) is 5.77. The van der Waals surface area contributed by atoms with Gasteiger partial charge < -0.3 is 4.74 Å². The first-order chi connectivity index (χ1) is 14.4. The SMILES string of the molecule is CC(=O)N(c1nc(COC(=O)C2CC2c2ccc(F)cc2)cs1)c1ccccc1F. The van der Waals surface area contributed by atoms with Crippen LogP contribution in [0.5, 0.6) is 0 Å². The zero-order valence-electron chi connectivity index (χ0n) is 16.0. The van der Waals surface area contributed by atoms with Gasteiger partial charge in [0.05, 0.1) is 17.3 Å². The molecule has 2 atom stereocenters. The molecule has 0 radical (unpaired) electrons. The van der Waals surface area contributed by atoms with Crippen molar-refractivity contribution in [1.29, 1.82) is 0 Å². The Balaban J connectivity index is 1.39. The van der Waals surface area contributed by atoms with E-state index in [0.29, 0.717) is 17.2 Å². The number of thiazole rings is 1. The Hall–Kier alpha value is -3.13. The fourth-order valence-electron chi connectivity index (χ4n) is 3.29. The summed E-state index contributed by atoms with van der Waals surface area (Å²) < 4.78 is 32.5. The standard InChI is InChI=1S/C22H18F2N2O3S/c1-13(27)26(20-5-3-2-4-19(20)24)22-25-16(12-30-22)11-29-21(28)18-10-17(18)14-6-8-15(23)9-7-14/h2-9,12,17-18H,10-11H2,1H3. The maximum atomic E-state index is 14.1. The van der Waals surface area contributed by atoms with Crippen LogP contribution in [0.15, 0.2) is 53.9 Å². The van der Waals surface area contributed by atoms with Crippen LogP contribution in [0.3, 0.4) is 0 Å². The molecule has 1 aliphatic carbocycles. The molecule has 2 unspecified atom stereocenters. The first-order valence-corrected chi connectivity index (χ1v) is 10.2. The van der Waals surface area contributed by atoms with Crippen molar-refractivity contribution in [3.63, 3.8) is 0 Å². The number of carbonyl (C=O) groups excluding carboxylic acids is 2. The molecule has 1 saturated carbocycles. The van der Waals surface area contributed by atoms with Gasteiger partial charge in [0.2, 0.25) is 5.91 Å². The Morgan fingerprint density at radius 2 is 1.90 bits per heavy atom. The van der Waals surface area contributed by atoms with Gasteiger partial charge in [0, 0.05) is 12.3 Å². The minimum atomic E-state index is -0.531. The second-order valence-electron chi connectivity index (χ2n) is 7.04. The first-order valence-electron chi connectivity index (χ1n) is 9.35. The van der Waals surface area contributed by atoms with Crippen LogP contribution in [0.1, 0.15) is 30.5 Å². The number of hydrogen-bond donors (Lipinski definition) is 0. The van der Waals surface area contributed by atoms with Crippen LogP contribution < -0.4 is 4.90 Å². The monoisotopic (exact) mass is 428 g/mol. The summed E-state index contributed by atoms with van der Waals surface area (Å²) in [6.45, 7) is 1.29. The van der Waals surface area contributed by atoms with Crippen LogP contribution in [-0.2, 0) is 20.9 Å². The maximum absolute atomic E-state index is 14.1. The maximum Gasteiger partial charge on any atom is 0.309 e. The quantitative estimate of drug-likeness (QED) is 0.521. The molecule has 0 saturated heterocycles. The van der Waals surface area contributed by atoms with Gasteiger partial charge in [-0.3, -0.25) is 14.5 Å². The molecule has 8 heteroatoms. The van der Waals surface area contributed by atoms with Crippen molar-refractivity contribution in [2.24, 2.45) is 5.92 Å². The summed E-state index contributed by atoms with van der Waals surface area (Å²) in [4.78, 5) is 29.9. The normalized spacial score (nSPS) is 17.4. The Bertz CT molecular complexity index is 1080. The lowest BCUT2D eigenvalue weighted by Crippen LogP contribution is -2.23. The van der Waals surface area contributed by atoms with Crippen LogP contribution in [0.25, 0.3) is 0 Å². The van der Waals surface area contributed by atoms with Crippen molar-refractivity contribution in [2.45, 2.75) is 25.9 Å². The molecule has 1 amide bonds. The Morgan fingerprint density at radius 3 is 2.60 bits per heavy atom. The smallest absolute Gasteiger partial charge is 0.309 e. The van der Waals surface area contributed by atoms with E-state index in [0.717, 1.165) is 16.9 Å². The Morgan fingerprint density at radius 1 is 1.17 bits per heavy atom. The molecule has 4 rings (SSSR count). The molecule has 3 aromatic rings. The molecule has 1 heterocycles. The van der Waals surface area contributed by atoms with Crippen molar-refractivity contribution in [3.05, 3.63) is 76.8 Å². The zero-order chi connectivity index (χ0) is 21.3. The van der Waals surface area contributed by atoms with E-state index in [1.807, 2.05) is 0 Å². The van der Waals surface area contributed by atoms with Crippen molar-refractivity contribution < 1.29 is 23.1 Å². The number of aromatic nitrogens is 1. The minimum Gasteiger partial charge on any atom is -0.459 e. The second-order valence-corrected chi connectivity index (χ2v) is 7.87. The Kier molecular flexibility index (Phi) is 5.59. The Labute approximate surface area is 175 Å². The molecule has 0 N–H and O–H groups in total. The fourth-order valence-corrected chi connectivity index (χ4v) is 4.16. The molecule has 0 spiro atoms. The van der Waals surface area contributed by atoms with E-state index in [1.165, 1.54) is 36.1 Å². The predicted molar refractivity (Wildman–Crippen MR) is 108 cm³/mol. The van der Waals surface area contributed by atoms with E-state index in [1.54, 1.807) is 29.6 Å². The van der Waals surface area contributed by atoms with Crippen molar-refractivity contribution >= 4 is 34.0 Å². The van der Waals surface area contributed by atoms with Gasteiger partial charge in [-0.25, -0.2) is 13.8 Å². The molecule has 2 aromatic carbocycles. The lowest BCUT2D eigenvalue weighted by molar-refractivity contribution is -0.146. The number of amides is 1. The number of nitrogens with zero attached hydrogens (tertiary/aromatic N) is 2. The van der Waals surface area contributed by atoms with E-state index in [-0.39, 0.29) is 41.8 Å². The van der Waals surface area contributed by atoms with E-state index in [2.05, 4.69) is 4.98 Å². The summed E-state index contributed by atoms with van der Waals surface area (Å²) in [6, 6.07) is 12.1. The number of ether oxygens (including phenoxy) is 1. The van der Waals surface area contributed by atoms with E-state index >= 15 is 0 Å². The highest BCUT2D eigenvalue weighted by atomic mass is 32.1. The number of benzene rings is 2. The summed E-state index contributed by atoms with van der Waals surface area (Å²) in [5, 5.41) is 1.97. The van der Waals surface area contributed by atoms with Crippen LogP contribution in [0.4, 0.5) is 19.6 Å². The van der Waals surface area contributed by atoms with Crippen molar-refractivity contribution in [1.82, 2.24) is 4.98 Å². The summed E-state index contributed by atoms with van der Waals surface area (Å²) in [5.74, 6) is -1.77. The molecular weight excluding hydrogens is 410 g/mol. The van der Waals surface area contributed by atoms with Gasteiger partial charge in [-0.1, -0.05) is 24.3 Å². The van der Waals surface area contributed by atoms with Gasteiger partial charge in [-0.05, 0) is 42.2 Å². The van der Waals surface area contributed by atoms with Gasteiger partial charge in [-0.2, -0.15) is 0 Å². The summed E-state index contributed by atoms with van der Waals surface area (Å²) >= 11 is 1.16.